The van der Waals surface area contributed by atoms with Crippen LogP contribution in [0.15, 0.2) is 24.3 Å². The number of carbonyl (C=O) groups is 1. The minimum Gasteiger partial charge on any atom is -0.320 e. The van der Waals surface area contributed by atoms with Crippen molar-refractivity contribution in [3.63, 3.8) is 0 Å². The molecule has 0 spiro atoms. The fourth-order valence-corrected chi connectivity index (χ4v) is 2.79. The van der Waals surface area contributed by atoms with E-state index in [4.69, 9.17) is 0 Å². The Morgan fingerprint density at radius 3 is 3.06 bits per heavy atom. The zero-order chi connectivity index (χ0) is 12.4. The lowest BCUT2D eigenvalue weighted by Crippen LogP contribution is -2.44. The van der Waals surface area contributed by atoms with Crippen LogP contribution in [-0.4, -0.2) is 30.6 Å². The van der Waals surface area contributed by atoms with Crippen molar-refractivity contribution in [2.45, 2.75) is 19.4 Å². The number of nitrogens with zero attached hydrogens (tertiary/aromatic N) is 1. The second-order valence-electron chi connectivity index (χ2n) is 5.18. The summed E-state index contributed by atoms with van der Waals surface area (Å²) in [4.78, 5) is 14.0. The lowest BCUT2D eigenvalue weighted by molar-refractivity contribution is 0.187. The van der Waals surface area contributed by atoms with Crippen LogP contribution in [0, 0.1) is 5.92 Å². The standard InChI is InChI=1S/C14H19N3O/c18-14-16-13-6-2-1-5-12(13)10-17(14)9-11-4-3-7-15-8-11/h1-2,5-6,11,15H,3-4,7-10H2,(H,16,18)/t11-/m0/s1. The van der Waals surface area contributed by atoms with E-state index in [1.165, 1.54) is 18.4 Å². The number of piperidine rings is 1. The molecule has 0 aromatic heterocycles. The topological polar surface area (TPSA) is 44.4 Å². The predicted octanol–water partition coefficient (Wildman–Crippen LogP) is 2.03. The maximum Gasteiger partial charge on any atom is 0.322 e. The van der Waals surface area contributed by atoms with Gasteiger partial charge in [0.1, 0.15) is 0 Å². The molecule has 0 radical (unpaired) electrons. The Morgan fingerprint density at radius 2 is 2.22 bits per heavy atom. The van der Waals surface area contributed by atoms with Gasteiger partial charge in [0.25, 0.3) is 0 Å². The van der Waals surface area contributed by atoms with Crippen molar-refractivity contribution in [2.24, 2.45) is 5.92 Å². The molecule has 4 heteroatoms. The molecule has 2 aliphatic rings. The second kappa shape index (κ2) is 4.98. The largest absolute Gasteiger partial charge is 0.322 e. The van der Waals surface area contributed by atoms with Crippen molar-refractivity contribution in [1.29, 1.82) is 0 Å². The van der Waals surface area contributed by atoms with Gasteiger partial charge in [0, 0.05) is 18.8 Å². The molecule has 1 fully saturated rings. The second-order valence-corrected chi connectivity index (χ2v) is 5.18. The van der Waals surface area contributed by atoms with E-state index in [0.29, 0.717) is 5.92 Å². The van der Waals surface area contributed by atoms with E-state index in [1.54, 1.807) is 0 Å². The Labute approximate surface area is 107 Å². The number of urea groups is 1. The summed E-state index contributed by atoms with van der Waals surface area (Å²) in [7, 11) is 0. The monoisotopic (exact) mass is 245 g/mol. The van der Waals surface area contributed by atoms with E-state index >= 15 is 0 Å². The minimum atomic E-state index is 0.0410. The number of benzene rings is 1. The SMILES string of the molecule is O=C1Nc2ccccc2CN1C[C@H]1CCCNC1. The Balaban J connectivity index is 1.68. The number of para-hydroxylation sites is 1. The highest BCUT2D eigenvalue weighted by atomic mass is 16.2. The third kappa shape index (κ3) is 2.34. The van der Waals surface area contributed by atoms with Gasteiger partial charge in [0.05, 0.1) is 0 Å². The molecule has 4 nitrogen and oxygen atoms in total. The van der Waals surface area contributed by atoms with E-state index in [1.807, 2.05) is 23.1 Å². The number of amides is 2. The molecule has 96 valence electrons. The van der Waals surface area contributed by atoms with Crippen molar-refractivity contribution < 1.29 is 4.79 Å². The van der Waals surface area contributed by atoms with Gasteiger partial charge in [-0.15, -0.1) is 0 Å². The van der Waals surface area contributed by atoms with Gasteiger partial charge in [-0.1, -0.05) is 18.2 Å². The third-order valence-corrected chi connectivity index (χ3v) is 3.78. The number of fused-ring (bicyclic) bond motifs is 1. The number of carbonyl (C=O) groups excluding carboxylic acids is 1. The van der Waals surface area contributed by atoms with Gasteiger partial charge in [0.15, 0.2) is 0 Å². The van der Waals surface area contributed by atoms with Crippen LogP contribution in [0.1, 0.15) is 18.4 Å². The number of nitrogens with one attached hydrogen (secondary N) is 2. The number of anilines is 1. The van der Waals surface area contributed by atoms with Crippen LogP contribution >= 0.6 is 0 Å². The fraction of sp³-hybridized carbons (Fsp3) is 0.500. The molecule has 0 unspecified atom stereocenters. The maximum absolute atomic E-state index is 12.0. The first-order valence-corrected chi connectivity index (χ1v) is 6.67. The molecule has 18 heavy (non-hydrogen) atoms. The highest BCUT2D eigenvalue weighted by molar-refractivity contribution is 5.92. The van der Waals surface area contributed by atoms with Gasteiger partial charge in [-0.25, -0.2) is 4.79 Å². The summed E-state index contributed by atoms with van der Waals surface area (Å²) in [6, 6.07) is 8.07. The predicted molar refractivity (Wildman–Crippen MR) is 71.5 cm³/mol. The van der Waals surface area contributed by atoms with E-state index in [0.717, 1.165) is 31.9 Å². The van der Waals surface area contributed by atoms with Crippen LogP contribution in [-0.2, 0) is 6.54 Å². The highest BCUT2D eigenvalue weighted by Gasteiger charge is 2.25. The molecular weight excluding hydrogens is 226 g/mol. The van der Waals surface area contributed by atoms with Gasteiger partial charge < -0.3 is 15.5 Å². The number of hydrogen-bond donors (Lipinski definition) is 2. The van der Waals surface area contributed by atoms with Crippen LogP contribution in [0.5, 0.6) is 0 Å². The van der Waals surface area contributed by atoms with Crippen molar-refractivity contribution in [3.8, 4) is 0 Å². The molecular formula is C14H19N3O. The summed E-state index contributed by atoms with van der Waals surface area (Å²) in [5, 5.41) is 6.37. The van der Waals surface area contributed by atoms with E-state index < -0.39 is 0 Å². The zero-order valence-corrected chi connectivity index (χ0v) is 10.5. The van der Waals surface area contributed by atoms with Crippen molar-refractivity contribution in [1.82, 2.24) is 10.2 Å². The van der Waals surface area contributed by atoms with Crippen LogP contribution in [0.2, 0.25) is 0 Å². The molecule has 0 saturated carbocycles. The van der Waals surface area contributed by atoms with Gasteiger partial charge >= 0.3 is 6.03 Å². The Kier molecular flexibility index (Phi) is 3.19. The first kappa shape index (κ1) is 11.5. The lowest BCUT2D eigenvalue weighted by Gasteiger charge is -2.33. The Hall–Kier alpha value is -1.55. The quantitative estimate of drug-likeness (QED) is 0.837. The summed E-state index contributed by atoms with van der Waals surface area (Å²) in [5.41, 5.74) is 2.17. The van der Waals surface area contributed by atoms with Gasteiger partial charge in [-0.2, -0.15) is 0 Å². The summed E-state index contributed by atoms with van der Waals surface area (Å²) < 4.78 is 0. The van der Waals surface area contributed by atoms with Crippen LogP contribution in [0.4, 0.5) is 10.5 Å². The van der Waals surface area contributed by atoms with Crippen LogP contribution in [0.25, 0.3) is 0 Å². The van der Waals surface area contributed by atoms with Gasteiger partial charge in [-0.05, 0) is 43.5 Å². The molecule has 2 aliphatic heterocycles. The molecule has 1 atom stereocenters. The first-order chi connectivity index (χ1) is 8.83. The molecule has 0 bridgehead atoms. The smallest absolute Gasteiger partial charge is 0.320 e. The molecule has 3 rings (SSSR count). The first-order valence-electron chi connectivity index (χ1n) is 6.67. The Bertz CT molecular complexity index is 440. The van der Waals surface area contributed by atoms with Crippen molar-refractivity contribution in [2.75, 3.05) is 25.0 Å². The molecule has 2 amide bonds. The van der Waals surface area contributed by atoms with E-state index in [-0.39, 0.29) is 6.03 Å². The van der Waals surface area contributed by atoms with Crippen molar-refractivity contribution >= 4 is 11.7 Å². The highest BCUT2D eigenvalue weighted by Crippen LogP contribution is 2.24. The molecule has 0 aliphatic carbocycles. The molecule has 2 N–H and O–H groups in total. The molecule has 1 aromatic rings. The summed E-state index contributed by atoms with van der Waals surface area (Å²) in [5.74, 6) is 0.592. The fourth-order valence-electron chi connectivity index (χ4n) is 2.79. The lowest BCUT2D eigenvalue weighted by atomic mass is 9.98. The summed E-state index contributed by atoms with van der Waals surface area (Å²) in [6.07, 6.45) is 2.44. The number of hydrogen-bond acceptors (Lipinski definition) is 2. The number of rotatable bonds is 2. The molecule has 1 saturated heterocycles. The average Bonchev–Trinajstić information content (AvgIpc) is 2.41. The average molecular weight is 245 g/mol. The minimum absolute atomic E-state index is 0.0410. The normalized spacial score (nSPS) is 23.4. The summed E-state index contributed by atoms with van der Waals surface area (Å²) >= 11 is 0. The van der Waals surface area contributed by atoms with E-state index in [9.17, 15) is 4.79 Å². The maximum atomic E-state index is 12.0. The Morgan fingerprint density at radius 1 is 1.33 bits per heavy atom. The van der Waals surface area contributed by atoms with Gasteiger partial charge in [-0.3, -0.25) is 0 Å². The third-order valence-electron chi connectivity index (χ3n) is 3.78. The molecule has 2 heterocycles. The molecule has 1 aromatic carbocycles. The van der Waals surface area contributed by atoms with Crippen LogP contribution in [0.3, 0.4) is 0 Å². The summed E-state index contributed by atoms with van der Waals surface area (Å²) in [6.45, 7) is 3.74. The zero-order valence-electron chi connectivity index (χ0n) is 10.5. The van der Waals surface area contributed by atoms with E-state index in [2.05, 4.69) is 16.7 Å². The van der Waals surface area contributed by atoms with Gasteiger partial charge in [0.2, 0.25) is 0 Å². The van der Waals surface area contributed by atoms with Crippen LogP contribution < -0.4 is 10.6 Å². The van der Waals surface area contributed by atoms with Crippen molar-refractivity contribution in [3.05, 3.63) is 29.8 Å².